The molecule has 0 spiro atoms. The monoisotopic (exact) mass is 449 g/mol. The molecule has 3 aromatic rings. The molecule has 1 saturated heterocycles. The number of amides is 1. The standard InChI is InChI=1S/C26H24FNO5/c1-14(2)32-20-11-9-17(12-15(20)3)24(29)22-23(21-10-8-16(4)33-21)28(26(31)25(22)30)19-7-5-6-18(27)13-19/h5-14,23,29H,1-4H3/b24-22-. The Hall–Kier alpha value is -3.87. The Morgan fingerprint density at radius 1 is 1.09 bits per heavy atom. The quantitative estimate of drug-likeness (QED) is 0.318. The molecule has 1 aliphatic rings. The molecule has 1 aromatic heterocycles. The Balaban J connectivity index is 1.88. The number of furan rings is 1. The van der Waals surface area contributed by atoms with E-state index in [1.165, 1.54) is 18.2 Å². The fourth-order valence-corrected chi connectivity index (χ4v) is 3.93. The Labute approximate surface area is 190 Å². The number of hydrogen-bond acceptors (Lipinski definition) is 5. The number of benzene rings is 2. The van der Waals surface area contributed by atoms with Gasteiger partial charge in [-0.15, -0.1) is 0 Å². The second-order valence-corrected chi connectivity index (χ2v) is 8.24. The average Bonchev–Trinajstić information content (AvgIpc) is 3.30. The highest BCUT2D eigenvalue weighted by Crippen LogP contribution is 2.43. The highest BCUT2D eigenvalue weighted by Gasteiger charge is 2.48. The summed E-state index contributed by atoms with van der Waals surface area (Å²) in [5, 5.41) is 11.2. The molecule has 7 heteroatoms. The number of ketones is 1. The van der Waals surface area contributed by atoms with Crippen molar-refractivity contribution in [3.63, 3.8) is 0 Å². The van der Waals surface area contributed by atoms with E-state index < -0.39 is 23.5 Å². The van der Waals surface area contributed by atoms with Crippen LogP contribution in [0.4, 0.5) is 10.1 Å². The number of aliphatic hydroxyl groups is 1. The Kier molecular flexibility index (Phi) is 5.80. The van der Waals surface area contributed by atoms with Crippen LogP contribution in [0.5, 0.6) is 5.75 Å². The van der Waals surface area contributed by atoms with Crippen molar-refractivity contribution in [2.75, 3.05) is 4.90 Å². The molecule has 1 N–H and O–H groups in total. The van der Waals surface area contributed by atoms with E-state index >= 15 is 0 Å². The normalized spacial score (nSPS) is 17.8. The number of aliphatic hydroxyl groups excluding tert-OH is 1. The molecule has 1 unspecified atom stereocenters. The lowest BCUT2D eigenvalue weighted by Crippen LogP contribution is -2.29. The SMILES string of the molecule is Cc1ccc(C2/C(=C(/O)c3ccc(OC(C)C)c(C)c3)C(=O)C(=O)N2c2cccc(F)c2)o1. The first-order valence-corrected chi connectivity index (χ1v) is 10.6. The van der Waals surface area contributed by atoms with Crippen molar-refractivity contribution in [1.82, 2.24) is 0 Å². The third-order valence-corrected chi connectivity index (χ3v) is 5.37. The van der Waals surface area contributed by atoms with E-state index in [1.54, 1.807) is 37.3 Å². The molecule has 4 rings (SSSR count). The number of carbonyl (C=O) groups is 2. The van der Waals surface area contributed by atoms with Crippen LogP contribution in [0.25, 0.3) is 5.76 Å². The third kappa shape index (κ3) is 4.14. The van der Waals surface area contributed by atoms with Crippen molar-refractivity contribution in [3.05, 3.63) is 88.6 Å². The van der Waals surface area contributed by atoms with Crippen LogP contribution in [-0.4, -0.2) is 22.9 Å². The van der Waals surface area contributed by atoms with E-state index in [2.05, 4.69) is 0 Å². The van der Waals surface area contributed by atoms with Gasteiger partial charge in [0.2, 0.25) is 0 Å². The molecule has 170 valence electrons. The minimum atomic E-state index is -1.05. The van der Waals surface area contributed by atoms with Crippen LogP contribution >= 0.6 is 0 Å². The first-order valence-electron chi connectivity index (χ1n) is 10.6. The van der Waals surface area contributed by atoms with Gasteiger partial charge in [-0.05, 0) is 81.8 Å². The molecule has 33 heavy (non-hydrogen) atoms. The molecular weight excluding hydrogens is 425 g/mol. The summed E-state index contributed by atoms with van der Waals surface area (Å²) in [6.45, 7) is 7.38. The van der Waals surface area contributed by atoms with Gasteiger partial charge >= 0.3 is 0 Å². The summed E-state index contributed by atoms with van der Waals surface area (Å²) in [5.74, 6) is -1.14. The van der Waals surface area contributed by atoms with Crippen LogP contribution in [0.15, 0.2) is 64.6 Å². The number of rotatable bonds is 5. The van der Waals surface area contributed by atoms with Crippen LogP contribution in [0, 0.1) is 19.7 Å². The van der Waals surface area contributed by atoms with Gasteiger partial charge in [-0.2, -0.15) is 0 Å². The first-order chi connectivity index (χ1) is 15.7. The predicted molar refractivity (Wildman–Crippen MR) is 122 cm³/mol. The smallest absolute Gasteiger partial charge is 0.300 e. The van der Waals surface area contributed by atoms with Crippen molar-refractivity contribution in [2.45, 2.75) is 39.8 Å². The van der Waals surface area contributed by atoms with Gasteiger partial charge in [0.05, 0.1) is 11.7 Å². The van der Waals surface area contributed by atoms with Gasteiger partial charge < -0.3 is 14.3 Å². The lowest BCUT2D eigenvalue weighted by Gasteiger charge is -2.23. The summed E-state index contributed by atoms with van der Waals surface area (Å²) in [6.07, 6.45) is -0.0260. The zero-order valence-corrected chi connectivity index (χ0v) is 18.8. The zero-order chi connectivity index (χ0) is 23.9. The van der Waals surface area contributed by atoms with Gasteiger partial charge in [0, 0.05) is 11.3 Å². The summed E-state index contributed by atoms with van der Waals surface area (Å²) < 4.78 is 25.4. The zero-order valence-electron chi connectivity index (χ0n) is 18.8. The number of halogens is 1. The minimum absolute atomic E-state index is 0.0260. The van der Waals surface area contributed by atoms with E-state index in [1.807, 2.05) is 20.8 Å². The van der Waals surface area contributed by atoms with E-state index in [4.69, 9.17) is 9.15 Å². The van der Waals surface area contributed by atoms with Crippen molar-refractivity contribution in [1.29, 1.82) is 0 Å². The second-order valence-electron chi connectivity index (χ2n) is 8.24. The second kappa shape index (κ2) is 8.58. The lowest BCUT2D eigenvalue weighted by atomic mass is 9.98. The van der Waals surface area contributed by atoms with Crippen LogP contribution < -0.4 is 9.64 Å². The average molecular weight is 449 g/mol. The minimum Gasteiger partial charge on any atom is -0.507 e. The maximum atomic E-state index is 14.0. The molecule has 6 nitrogen and oxygen atoms in total. The molecule has 1 aliphatic heterocycles. The summed E-state index contributed by atoms with van der Waals surface area (Å²) >= 11 is 0. The van der Waals surface area contributed by atoms with E-state index in [-0.39, 0.29) is 28.9 Å². The van der Waals surface area contributed by atoms with Crippen molar-refractivity contribution >= 4 is 23.1 Å². The Morgan fingerprint density at radius 3 is 2.45 bits per heavy atom. The van der Waals surface area contributed by atoms with Gasteiger partial charge in [-0.3, -0.25) is 14.5 Å². The van der Waals surface area contributed by atoms with Crippen LogP contribution in [0.3, 0.4) is 0 Å². The summed E-state index contributed by atoms with van der Waals surface area (Å²) in [7, 11) is 0. The van der Waals surface area contributed by atoms with Crippen molar-refractivity contribution < 1.29 is 28.2 Å². The van der Waals surface area contributed by atoms with Gasteiger partial charge in [0.1, 0.15) is 34.9 Å². The molecule has 2 aromatic carbocycles. The number of carbonyl (C=O) groups excluding carboxylic acids is 2. The van der Waals surface area contributed by atoms with Crippen LogP contribution in [0.1, 0.15) is 42.5 Å². The van der Waals surface area contributed by atoms with E-state index in [0.717, 1.165) is 16.5 Å². The molecule has 1 fully saturated rings. The molecule has 1 amide bonds. The predicted octanol–water partition coefficient (Wildman–Crippen LogP) is 5.45. The number of nitrogens with zero attached hydrogens (tertiary/aromatic N) is 1. The molecule has 0 bridgehead atoms. The third-order valence-electron chi connectivity index (χ3n) is 5.37. The highest BCUT2D eigenvalue weighted by atomic mass is 19.1. The number of aryl methyl sites for hydroxylation is 2. The molecule has 1 atom stereocenters. The van der Waals surface area contributed by atoms with Crippen molar-refractivity contribution in [2.24, 2.45) is 0 Å². The highest BCUT2D eigenvalue weighted by molar-refractivity contribution is 6.51. The maximum absolute atomic E-state index is 14.0. The number of Topliss-reactive ketones (excluding diaryl/α,β-unsaturated/α-hetero) is 1. The molecule has 0 aliphatic carbocycles. The summed E-state index contributed by atoms with van der Waals surface area (Å²) in [5.41, 5.74) is 1.18. The molecule has 2 heterocycles. The van der Waals surface area contributed by atoms with Crippen LogP contribution in [-0.2, 0) is 9.59 Å². The van der Waals surface area contributed by atoms with Crippen LogP contribution in [0.2, 0.25) is 0 Å². The maximum Gasteiger partial charge on any atom is 0.300 e. The van der Waals surface area contributed by atoms with Gasteiger partial charge in [-0.1, -0.05) is 6.07 Å². The molecule has 0 radical (unpaired) electrons. The first kappa shape index (κ1) is 22.3. The number of anilines is 1. The fraction of sp³-hybridized carbons (Fsp3) is 0.231. The van der Waals surface area contributed by atoms with E-state index in [0.29, 0.717) is 17.1 Å². The summed E-state index contributed by atoms with van der Waals surface area (Å²) in [6, 6.07) is 12.7. The lowest BCUT2D eigenvalue weighted by molar-refractivity contribution is -0.132. The number of ether oxygens (including phenoxy) is 1. The molecular formula is C26H24FNO5. The van der Waals surface area contributed by atoms with Gasteiger partial charge in [-0.25, -0.2) is 4.39 Å². The van der Waals surface area contributed by atoms with Gasteiger partial charge in [0.25, 0.3) is 11.7 Å². The number of hydrogen-bond donors (Lipinski definition) is 1. The fourth-order valence-electron chi connectivity index (χ4n) is 3.93. The largest absolute Gasteiger partial charge is 0.507 e. The Bertz CT molecular complexity index is 1270. The summed E-state index contributed by atoms with van der Waals surface area (Å²) in [4.78, 5) is 27.3. The van der Waals surface area contributed by atoms with E-state index in [9.17, 15) is 19.1 Å². The molecule has 0 saturated carbocycles. The van der Waals surface area contributed by atoms with Crippen molar-refractivity contribution in [3.8, 4) is 5.75 Å². The Morgan fingerprint density at radius 2 is 1.85 bits per heavy atom. The van der Waals surface area contributed by atoms with Gasteiger partial charge in [0.15, 0.2) is 0 Å². The topological polar surface area (TPSA) is 80.0 Å².